The van der Waals surface area contributed by atoms with Gasteiger partial charge in [-0.15, -0.1) is 0 Å². The first-order chi connectivity index (χ1) is 15.4. The summed E-state index contributed by atoms with van der Waals surface area (Å²) in [6.07, 6.45) is 3.21. The zero-order valence-corrected chi connectivity index (χ0v) is 19.3. The van der Waals surface area contributed by atoms with E-state index in [1.54, 1.807) is 7.11 Å². The van der Waals surface area contributed by atoms with Gasteiger partial charge < -0.3 is 19.1 Å². The van der Waals surface area contributed by atoms with E-state index >= 15 is 0 Å². The lowest BCUT2D eigenvalue weighted by Gasteiger charge is -2.61. The average Bonchev–Trinajstić information content (AvgIpc) is 3.18. The average molecular weight is 439 g/mol. The van der Waals surface area contributed by atoms with Crippen molar-refractivity contribution in [3.8, 4) is 5.75 Å². The summed E-state index contributed by atoms with van der Waals surface area (Å²) in [6, 6.07) is 6.56. The molecule has 5 heterocycles. The van der Waals surface area contributed by atoms with Gasteiger partial charge >= 0.3 is 11.9 Å². The highest BCUT2D eigenvalue weighted by molar-refractivity contribution is 5.85. The van der Waals surface area contributed by atoms with E-state index in [0.717, 1.165) is 36.4 Å². The number of nitrogens with zero attached hydrogens (tertiary/aromatic N) is 2. The summed E-state index contributed by atoms with van der Waals surface area (Å²) in [5.41, 5.74) is 2.16. The summed E-state index contributed by atoms with van der Waals surface area (Å²) >= 11 is 0. The summed E-state index contributed by atoms with van der Waals surface area (Å²) in [5.74, 6) is 0.225. The van der Waals surface area contributed by atoms with Crippen LogP contribution in [0.15, 0.2) is 29.8 Å². The number of hydrogen-bond acceptors (Lipinski definition) is 7. The van der Waals surface area contributed by atoms with E-state index in [4.69, 9.17) is 14.2 Å². The molecule has 7 heteroatoms. The van der Waals surface area contributed by atoms with Crippen LogP contribution >= 0.6 is 0 Å². The second kappa shape index (κ2) is 6.28. The minimum absolute atomic E-state index is 0.00977. The molecule has 0 radical (unpaired) electrons. The summed E-state index contributed by atoms with van der Waals surface area (Å²) in [4.78, 5) is 31.1. The number of benzene rings is 1. The highest BCUT2D eigenvalue weighted by Crippen LogP contribution is 2.73. The molecule has 1 unspecified atom stereocenters. The molecule has 1 aromatic rings. The van der Waals surface area contributed by atoms with Gasteiger partial charge in [-0.3, -0.25) is 14.5 Å². The number of rotatable bonds is 3. The number of fused-ring (bicyclic) bond motifs is 2. The fourth-order valence-corrected chi connectivity index (χ4v) is 8.45. The first-order valence-corrected chi connectivity index (χ1v) is 11.4. The second-order valence-corrected chi connectivity index (χ2v) is 10.0. The number of methoxy groups -OCH3 is 2. The maximum Gasteiger partial charge on any atom is 0.317 e. The Morgan fingerprint density at radius 3 is 2.69 bits per heavy atom. The van der Waals surface area contributed by atoms with Gasteiger partial charge in [-0.1, -0.05) is 17.7 Å². The van der Waals surface area contributed by atoms with Crippen molar-refractivity contribution in [2.75, 3.05) is 32.7 Å². The first kappa shape index (κ1) is 20.1. The van der Waals surface area contributed by atoms with E-state index in [2.05, 4.69) is 35.1 Å². The van der Waals surface area contributed by atoms with Gasteiger partial charge in [0.05, 0.1) is 25.7 Å². The van der Waals surface area contributed by atoms with Crippen LogP contribution in [0, 0.1) is 11.3 Å². The zero-order valence-electron chi connectivity index (χ0n) is 19.3. The van der Waals surface area contributed by atoms with Gasteiger partial charge in [-0.2, -0.15) is 0 Å². The molecular weight excluding hydrogens is 408 g/mol. The van der Waals surface area contributed by atoms with Crippen molar-refractivity contribution in [2.24, 2.45) is 11.3 Å². The van der Waals surface area contributed by atoms with Crippen LogP contribution < -0.4 is 9.64 Å². The number of anilines is 1. The molecule has 5 fully saturated rings. The molecule has 0 aromatic heterocycles. The normalized spacial score (nSPS) is 43.3. The Kier molecular flexibility index (Phi) is 3.94. The summed E-state index contributed by atoms with van der Waals surface area (Å²) in [5, 5.41) is 0. The maximum atomic E-state index is 13.8. The monoisotopic (exact) mass is 438 g/mol. The van der Waals surface area contributed by atoms with Crippen LogP contribution in [0.2, 0.25) is 0 Å². The minimum Gasteiger partial charge on any atom is -0.497 e. The number of allylic oxidation sites excluding steroid dienone is 1. The van der Waals surface area contributed by atoms with Crippen LogP contribution in [0.3, 0.4) is 0 Å². The Morgan fingerprint density at radius 1 is 1.25 bits per heavy atom. The van der Waals surface area contributed by atoms with Crippen LogP contribution in [0.4, 0.5) is 5.69 Å². The molecule has 1 spiro atoms. The van der Waals surface area contributed by atoms with Crippen LogP contribution in [0.1, 0.15) is 32.3 Å². The summed E-state index contributed by atoms with van der Waals surface area (Å²) in [6.45, 7) is 4.36. The molecule has 1 aliphatic carbocycles. The lowest BCUT2D eigenvalue weighted by molar-refractivity contribution is -0.187. The molecule has 1 aromatic carbocycles. The third-order valence-electron chi connectivity index (χ3n) is 9.27. The predicted molar refractivity (Wildman–Crippen MR) is 118 cm³/mol. The Bertz CT molecular complexity index is 1070. The van der Waals surface area contributed by atoms with Gasteiger partial charge in [0.1, 0.15) is 17.3 Å². The van der Waals surface area contributed by atoms with E-state index in [1.807, 2.05) is 13.0 Å². The smallest absolute Gasteiger partial charge is 0.317 e. The van der Waals surface area contributed by atoms with Crippen molar-refractivity contribution >= 4 is 17.6 Å². The van der Waals surface area contributed by atoms with Gasteiger partial charge in [0, 0.05) is 50.3 Å². The van der Waals surface area contributed by atoms with Crippen molar-refractivity contribution in [1.82, 2.24) is 4.90 Å². The number of ether oxygens (including phenoxy) is 3. The molecule has 5 bridgehead atoms. The van der Waals surface area contributed by atoms with Crippen LogP contribution in [0.5, 0.6) is 5.75 Å². The Balaban J connectivity index is 1.67. The van der Waals surface area contributed by atoms with Crippen LogP contribution in [-0.4, -0.2) is 68.9 Å². The first-order valence-electron chi connectivity index (χ1n) is 11.4. The minimum atomic E-state index is -0.895. The molecule has 1 saturated carbocycles. The molecule has 0 N–H and O–H groups in total. The summed E-state index contributed by atoms with van der Waals surface area (Å²) in [7, 11) is 5.26. The van der Waals surface area contributed by atoms with Gasteiger partial charge in [0.2, 0.25) is 0 Å². The van der Waals surface area contributed by atoms with Crippen molar-refractivity contribution in [1.29, 1.82) is 0 Å². The number of carbonyl (C=O) groups excluding carboxylic acids is 2. The molecule has 7 nitrogen and oxygen atoms in total. The molecule has 0 amide bonds. The van der Waals surface area contributed by atoms with Crippen molar-refractivity contribution < 1.29 is 23.8 Å². The maximum absolute atomic E-state index is 13.8. The van der Waals surface area contributed by atoms with Gasteiger partial charge in [-0.25, -0.2) is 0 Å². The highest BCUT2D eigenvalue weighted by atomic mass is 16.6. The van der Waals surface area contributed by atoms with E-state index in [-0.39, 0.29) is 36.0 Å². The lowest BCUT2D eigenvalue weighted by atomic mass is 9.58. The molecule has 4 saturated heterocycles. The number of carbonyl (C=O) groups is 2. The largest absolute Gasteiger partial charge is 0.497 e. The number of likely N-dealkylation sites (N-methyl/N-ethyl adjacent to an activating group) is 1. The molecule has 170 valence electrons. The SMILES string of the molecule is C/C=C1/CN2[C@H]3C[C@@]45c6ccc(OC)cc6N(C)[C@@H]4[C@@H]2C[C@@H]1[C@]3(C(=O)OC)[C@H]5OC(C)=O. The van der Waals surface area contributed by atoms with E-state index in [9.17, 15) is 9.59 Å². The third kappa shape index (κ3) is 1.94. The van der Waals surface area contributed by atoms with Crippen molar-refractivity contribution in [3.05, 3.63) is 35.4 Å². The number of piperidine rings is 4. The van der Waals surface area contributed by atoms with Crippen LogP contribution in [-0.2, 0) is 24.5 Å². The van der Waals surface area contributed by atoms with Crippen molar-refractivity contribution in [3.63, 3.8) is 0 Å². The Labute approximate surface area is 188 Å². The lowest BCUT2D eigenvalue weighted by Crippen LogP contribution is -2.71. The second-order valence-electron chi connectivity index (χ2n) is 10.0. The van der Waals surface area contributed by atoms with Crippen molar-refractivity contribution in [2.45, 2.75) is 56.3 Å². The highest BCUT2D eigenvalue weighted by Gasteiger charge is 2.84. The van der Waals surface area contributed by atoms with E-state index in [0.29, 0.717) is 0 Å². The molecule has 6 aliphatic rings. The van der Waals surface area contributed by atoms with E-state index in [1.165, 1.54) is 19.6 Å². The number of hydrogen-bond donors (Lipinski definition) is 0. The molecule has 8 atom stereocenters. The molecule has 32 heavy (non-hydrogen) atoms. The zero-order chi connectivity index (χ0) is 22.6. The van der Waals surface area contributed by atoms with Gasteiger partial charge in [0.15, 0.2) is 0 Å². The Morgan fingerprint density at radius 2 is 2.03 bits per heavy atom. The van der Waals surface area contributed by atoms with Crippen LogP contribution in [0.25, 0.3) is 0 Å². The Hall–Kier alpha value is -2.54. The fraction of sp³-hybridized carbons (Fsp3) is 0.600. The fourth-order valence-electron chi connectivity index (χ4n) is 8.45. The molecular formula is C25H30N2O5. The van der Waals surface area contributed by atoms with Gasteiger partial charge in [-0.05, 0) is 31.4 Å². The predicted octanol–water partition coefficient (Wildman–Crippen LogP) is 2.28. The molecule has 5 aliphatic heterocycles. The van der Waals surface area contributed by atoms with Gasteiger partial charge in [0.25, 0.3) is 0 Å². The summed E-state index contributed by atoms with van der Waals surface area (Å²) < 4.78 is 17.3. The molecule has 7 rings (SSSR count). The van der Waals surface area contributed by atoms with E-state index < -0.39 is 16.9 Å². The number of esters is 2. The standard InChI is InChI=1S/C25H30N2O5/c1-6-14-12-27-19-10-17(14)25(23(29)31-5)20(27)11-24(22(25)32-13(2)28)16-8-7-15(30-4)9-18(16)26(3)21(19)24/h6-9,17,19-22H,10-12H2,1-5H3/b14-6-/t17-,19-,20-,21+,22-,24+,25+/m0/s1. The quantitative estimate of drug-likeness (QED) is 0.530. The third-order valence-corrected chi connectivity index (χ3v) is 9.27. The topological polar surface area (TPSA) is 68.3 Å².